The Balaban J connectivity index is 1.99. The third kappa shape index (κ3) is 5.93. The number of carbonyl (C=O) groups excluding carboxylic acids is 1. The van der Waals surface area contributed by atoms with Crippen molar-refractivity contribution in [1.29, 1.82) is 0 Å². The number of hydrogen-bond acceptors (Lipinski definition) is 4. The Bertz CT molecular complexity index is 898. The molecule has 0 saturated carbocycles. The summed E-state index contributed by atoms with van der Waals surface area (Å²) in [6, 6.07) is 8.44. The number of alkyl halides is 3. The number of carbonyl (C=O) groups is 1. The Morgan fingerprint density at radius 3 is 2.15 bits per heavy atom. The molecule has 0 bridgehead atoms. The quantitative estimate of drug-likeness (QED) is 0.749. The fraction of sp³-hybridized carbons (Fsp3) is 0.188. The normalized spacial score (nSPS) is 12.1. The maximum atomic E-state index is 12.9. The van der Waals surface area contributed by atoms with Crippen LogP contribution in [0.4, 0.5) is 23.2 Å². The van der Waals surface area contributed by atoms with Gasteiger partial charge >= 0.3 is 6.36 Å². The van der Waals surface area contributed by atoms with Crippen LogP contribution in [0.15, 0.2) is 53.4 Å². The van der Waals surface area contributed by atoms with Crippen LogP contribution >= 0.6 is 0 Å². The number of likely N-dealkylation sites (N-methyl/N-ethyl adjacent to an activating group) is 1. The van der Waals surface area contributed by atoms with Crippen LogP contribution in [-0.2, 0) is 14.8 Å². The van der Waals surface area contributed by atoms with Crippen molar-refractivity contribution in [2.24, 2.45) is 0 Å². The number of benzene rings is 2. The number of hydrogen-bond donors (Lipinski definition) is 1. The van der Waals surface area contributed by atoms with Crippen LogP contribution in [0.3, 0.4) is 0 Å². The van der Waals surface area contributed by atoms with E-state index in [9.17, 15) is 30.8 Å². The van der Waals surface area contributed by atoms with Gasteiger partial charge in [-0.1, -0.05) is 0 Å². The Morgan fingerprint density at radius 1 is 1.07 bits per heavy atom. The first-order valence-electron chi connectivity index (χ1n) is 7.35. The SMILES string of the molecule is CN(CC(=O)Nc1ccc(OC(F)(F)F)cc1)S(=O)(=O)c1ccc(F)cc1. The minimum Gasteiger partial charge on any atom is -0.406 e. The van der Waals surface area contributed by atoms with Gasteiger partial charge in [0.25, 0.3) is 0 Å². The molecule has 0 aliphatic carbocycles. The molecule has 0 atom stereocenters. The molecule has 1 N–H and O–H groups in total. The molecule has 2 aromatic carbocycles. The summed E-state index contributed by atoms with van der Waals surface area (Å²) in [6.07, 6.45) is -4.83. The van der Waals surface area contributed by atoms with E-state index in [1.807, 2.05) is 0 Å². The highest BCUT2D eigenvalue weighted by Crippen LogP contribution is 2.24. The molecule has 1 amide bonds. The summed E-state index contributed by atoms with van der Waals surface area (Å²) in [5, 5.41) is 2.35. The standard InChI is InChI=1S/C16H14F4N2O4S/c1-22(27(24,25)14-8-2-11(17)3-9-14)10-15(23)21-12-4-6-13(7-5-12)26-16(18,19)20/h2-9H,10H2,1H3,(H,21,23). The molecule has 146 valence electrons. The maximum Gasteiger partial charge on any atom is 0.573 e. The third-order valence-corrected chi connectivity index (χ3v) is 5.08. The van der Waals surface area contributed by atoms with E-state index < -0.39 is 40.4 Å². The van der Waals surface area contributed by atoms with Crippen molar-refractivity contribution in [3.63, 3.8) is 0 Å². The predicted octanol–water partition coefficient (Wildman–Crippen LogP) is 2.98. The lowest BCUT2D eigenvalue weighted by Crippen LogP contribution is -2.34. The van der Waals surface area contributed by atoms with E-state index in [1.165, 1.54) is 19.2 Å². The molecular formula is C16H14F4N2O4S. The van der Waals surface area contributed by atoms with Crippen LogP contribution in [0.5, 0.6) is 5.75 Å². The van der Waals surface area contributed by atoms with Gasteiger partial charge in [0.15, 0.2) is 0 Å². The number of sulfonamides is 1. The molecule has 0 saturated heterocycles. The molecule has 2 aromatic rings. The van der Waals surface area contributed by atoms with Crippen molar-refractivity contribution in [2.75, 3.05) is 18.9 Å². The van der Waals surface area contributed by atoms with Gasteiger partial charge in [0.1, 0.15) is 11.6 Å². The van der Waals surface area contributed by atoms with E-state index in [0.29, 0.717) is 0 Å². The molecule has 0 spiro atoms. The summed E-state index contributed by atoms with van der Waals surface area (Å²) in [5.74, 6) is -1.78. The average Bonchev–Trinajstić information content (AvgIpc) is 2.55. The van der Waals surface area contributed by atoms with Gasteiger partial charge in [-0.3, -0.25) is 4.79 Å². The highest BCUT2D eigenvalue weighted by atomic mass is 32.2. The molecule has 2 rings (SSSR count). The predicted molar refractivity (Wildman–Crippen MR) is 88.0 cm³/mol. The second-order valence-corrected chi connectivity index (χ2v) is 7.38. The summed E-state index contributed by atoms with van der Waals surface area (Å²) in [5.41, 5.74) is 0.155. The third-order valence-electron chi connectivity index (χ3n) is 3.26. The molecule has 0 radical (unpaired) electrons. The molecule has 0 aliphatic heterocycles. The zero-order valence-corrected chi connectivity index (χ0v) is 14.6. The fourth-order valence-electron chi connectivity index (χ4n) is 2.01. The molecule has 0 aromatic heterocycles. The molecule has 0 unspecified atom stereocenters. The van der Waals surface area contributed by atoms with Gasteiger partial charge in [0.05, 0.1) is 11.4 Å². The zero-order chi connectivity index (χ0) is 20.2. The lowest BCUT2D eigenvalue weighted by molar-refractivity contribution is -0.274. The Morgan fingerprint density at radius 2 is 1.63 bits per heavy atom. The Labute approximate surface area is 152 Å². The van der Waals surface area contributed by atoms with Crippen LogP contribution in [0, 0.1) is 5.82 Å². The number of nitrogens with zero attached hydrogens (tertiary/aromatic N) is 1. The summed E-state index contributed by atoms with van der Waals surface area (Å²) >= 11 is 0. The smallest absolute Gasteiger partial charge is 0.406 e. The molecular weight excluding hydrogens is 392 g/mol. The van der Waals surface area contributed by atoms with Crippen molar-refractivity contribution in [1.82, 2.24) is 4.31 Å². The average molecular weight is 406 g/mol. The summed E-state index contributed by atoms with van der Waals surface area (Å²) in [7, 11) is -2.84. The fourth-order valence-corrected chi connectivity index (χ4v) is 3.14. The molecule has 11 heteroatoms. The van der Waals surface area contributed by atoms with Crippen LogP contribution in [-0.4, -0.2) is 38.6 Å². The number of halogens is 4. The van der Waals surface area contributed by atoms with Crippen LogP contribution < -0.4 is 10.1 Å². The molecule has 0 heterocycles. The summed E-state index contributed by atoms with van der Waals surface area (Å²) < 4.78 is 78.3. The lowest BCUT2D eigenvalue weighted by atomic mass is 10.3. The second-order valence-electron chi connectivity index (χ2n) is 5.34. The summed E-state index contributed by atoms with van der Waals surface area (Å²) in [4.78, 5) is 11.8. The molecule has 0 fully saturated rings. The van der Waals surface area contributed by atoms with E-state index in [-0.39, 0.29) is 10.6 Å². The van der Waals surface area contributed by atoms with Crippen molar-refractivity contribution in [2.45, 2.75) is 11.3 Å². The lowest BCUT2D eigenvalue weighted by Gasteiger charge is -2.17. The number of nitrogens with one attached hydrogen (secondary N) is 1. The molecule has 27 heavy (non-hydrogen) atoms. The highest BCUT2D eigenvalue weighted by molar-refractivity contribution is 7.89. The van der Waals surface area contributed by atoms with Gasteiger partial charge in [-0.05, 0) is 48.5 Å². The first-order valence-corrected chi connectivity index (χ1v) is 8.79. The largest absolute Gasteiger partial charge is 0.573 e. The van der Waals surface area contributed by atoms with Gasteiger partial charge in [-0.25, -0.2) is 12.8 Å². The van der Waals surface area contributed by atoms with Gasteiger partial charge < -0.3 is 10.1 Å². The van der Waals surface area contributed by atoms with Crippen molar-refractivity contribution in [3.05, 3.63) is 54.3 Å². The monoisotopic (exact) mass is 406 g/mol. The van der Waals surface area contributed by atoms with Crippen molar-refractivity contribution < 1.29 is 35.5 Å². The van der Waals surface area contributed by atoms with Crippen molar-refractivity contribution in [3.8, 4) is 5.75 Å². The van der Waals surface area contributed by atoms with E-state index in [4.69, 9.17) is 0 Å². The Hall–Kier alpha value is -2.66. The van der Waals surface area contributed by atoms with E-state index in [2.05, 4.69) is 10.1 Å². The van der Waals surface area contributed by atoms with Crippen molar-refractivity contribution >= 4 is 21.6 Å². The van der Waals surface area contributed by atoms with Gasteiger partial charge in [0.2, 0.25) is 15.9 Å². The topological polar surface area (TPSA) is 75.7 Å². The first kappa shape index (κ1) is 20.6. The van der Waals surface area contributed by atoms with Crippen LogP contribution in [0.2, 0.25) is 0 Å². The first-order chi connectivity index (χ1) is 12.5. The Kier molecular flexibility index (Phi) is 6.06. The van der Waals surface area contributed by atoms with Gasteiger partial charge in [-0.2, -0.15) is 4.31 Å². The van der Waals surface area contributed by atoms with Crippen LogP contribution in [0.1, 0.15) is 0 Å². The minimum atomic E-state index is -4.83. The maximum absolute atomic E-state index is 12.9. The zero-order valence-electron chi connectivity index (χ0n) is 13.8. The second kappa shape index (κ2) is 7.92. The van der Waals surface area contributed by atoms with Crippen LogP contribution in [0.25, 0.3) is 0 Å². The molecule has 6 nitrogen and oxygen atoms in total. The van der Waals surface area contributed by atoms with E-state index in [1.54, 1.807) is 0 Å². The molecule has 0 aliphatic rings. The number of amides is 1. The highest BCUT2D eigenvalue weighted by Gasteiger charge is 2.31. The van der Waals surface area contributed by atoms with E-state index in [0.717, 1.165) is 40.7 Å². The number of ether oxygens (including phenoxy) is 1. The number of anilines is 1. The summed E-state index contributed by atoms with van der Waals surface area (Å²) in [6.45, 7) is -0.555. The number of rotatable bonds is 6. The van der Waals surface area contributed by atoms with E-state index >= 15 is 0 Å². The van der Waals surface area contributed by atoms with Gasteiger partial charge in [0, 0.05) is 12.7 Å². The minimum absolute atomic E-state index is 0.155. The van der Waals surface area contributed by atoms with Gasteiger partial charge in [-0.15, -0.1) is 13.2 Å².